The first-order valence-electron chi connectivity index (χ1n) is 3.44. The predicted molar refractivity (Wildman–Crippen MR) is 48.5 cm³/mol. The molecule has 13 heavy (non-hydrogen) atoms. The minimum atomic E-state index is -0.879. The van der Waals surface area contributed by atoms with Gasteiger partial charge >= 0.3 is 5.97 Å². The topological polar surface area (TPSA) is 86.1 Å². The Kier molecular flexibility index (Phi) is 5.66. The number of rotatable bonds is 1. The van der Waals surface area contributed by atoms with Crippen molar-refractivity contribution in [2.24, 2.45) is 5.11 Å². The number of aromatic carboxylic acids is 1. The molecule has 0 saturated carbocycles. The van der Waals surface area contributed by atoms with Crippen molar-refractivity contribution >= 4 is 5.97 Å². The molecule has 5 nitrogen and oxygen atoms in total. The molecular weight excluding hydrogens is 170 g/mol. The van der Waals surface area contributed by atoms with E-state index in [-0.39, 0.29) is 0 Å². The first-order chi connectivity index (χ1) is 6.22. The van der Waals surface area contributed by atoms with Crippen LogP contribution in [0.15, 0.2) is 35.4 Å². The summed E-state index contributed by atoms with van der Waals surface area (Å²) in [5.41, 5.74) is 7.66. The number of carbonyl (C=O) groups is 1. The van der Waals surface area contributed by atoms with E-state index in [2.05, 4.69) is 10.0 Å². The van der Waals surface area contributed by atoms with E-state index in [1.54, 1.807) is 30.3 Å². The first-order valence-corrected chi connectivity index (χ1v) is 3.44. The molecule has 0 aliphatic rings. The van der Waals surface area contributed by atoms with E-state index >= 15 is 0 Å². The largest absolute Gasteiger partial charge is 0.478 e. The summed E-state index contributed by atoms with van der Waals surface area (Å²) in [5.74, 6) is -0.879. The van der Waals surface area contributed by atoms with Crippen LogP contribution >= 0.6 is 0 Å². The summed E-state index contributed by atoms with van der Waals surface area (Å²) in [6, 6.07) is 8.30. The second-order valence-electron chi connectivity index (χ2n) is 1.96. The van der Waals surface area contributed by atoms with Crippen LogP contribution in [0.4, 0.5) is 0 Å². The highest BCUT2D eigenvalue weighted by atomic mass is 16.4. The van der Waals surface area contributed by atoms with Gasteiger partial charge in [0.25, 0.3) is 0 Å². The molecule has 5 heteroatoms. The Labute approximate surface area is 75.3 Å². The van der Waals surface area contributed by atoms with Gasteiger partial charge in [0.2, 0.25) is 0 Å². The van der Waals surface area contributed by atoms with E-state index in [1.807, 2.05) is 0 Å². The lowest BCUT2D eigenvalue weighted by molar-refractivity contribution is 0.0697. The Morgan fingerprint density at radius 2 is 1.92 bits per heavy atom. The number of hydrogen-bond donors (Lipinski definition) is 1. The van der Waals surface area contributed by atoms with Crippen molar-refractivity contribution in [2.45, 2.75) is 0 Å². The smallest absolute Gasteiger partial charge is 0.335 e. The highest BCUT2D eigenvalue weighted by Crippen LogP contribution is 1.96. The fourth-order valence-corrected chi connectivity index (χ4v) is 0.581. The summed E-state index contributed by atoms with van der Waals surface area (Å²) in [4.78, 5) is 12.6. The second-order valence-corrected chi connectivity index (χ2v) is 1.96. The zero-order valence-corrected chi connectivity index (χ0v) is 7.08. The van der Waals surface area contributed by atoms with Crippen molar-refractivity contribution in [2.75, 3.05) is 7.05 Å². The molecule has 0 fully saturated rings. The van der Waals surface area contributed by atoms with E-state index in [9.17, 15) is 4.79 Å². The monoisotopic (exact) mass is 179 g/mol. The fourth-order valence-electron chi connectivity index (χ4n) is 0.581. The van der Waals surface area contributed by atoms with Crippen LogP contribution in [0, 0.1) is 0 Å². The summed E-state index contributed by atoms with van der Waals surface area (Å²) in [7, 11) is 1.39. The molecule has 68 valence electrons. The third kappa shape index (κ3) is 5.29. The molecule has 1 rings (SSSR count). The Morgan fingerprint density at radius 1 is 1.46 bits per heavy atom. The number of carboxylic acids is 1. The van der Waals surface area contributed by atoms with Gasteiger partial charge in [-0.2, -0.15) is 0 Å². The summed E-state index contributed by atoms with van der Waals surface area (Å²) in [6.45, 7) is 0. The zero-order chi connectivity index (χ0) is 10.1. The molecular formula is C8H9N3O2. The lowest BCUT2D eigenvalue weighted by Crippen LogP contribution is -1.93. The van der Waals surface area contributed by atoms with Crippen LogP contribution in [0.1, 0.15) is 10.4 Å². The molecule has 0 heterocycles. The lowest BCUT2D eigenvalue weighted by atomic mass is 10.2. The third-order valence-corrected chi connectivity index (χ3v) is 1.11. The summed E-state index contributed by atoms with van der Waals surface area (Å²) < 4.78 is 0. The maximum atomic E-state index is 10.2. The standard InChI is InChI=1S/C7H6O2.CH3N3/c8-7(9)6-4-2-1-3-5-6;1-3-4-2/h1-5H,(H,8,9);1H3. The molecule has 0 bridgehead atoms. The average molecular weight is 179 g/mol. The van der Waals surface area contributed by atoms with Crippen LogP contribution in [0.25, 0.3) is 10.4 Å². The van der Waals surface area contributed by atoms with Crippen molar-refractivity contribution in [3.05, 3.63) is 46.3 Å². The fraction of sp³-hybridized carbons (Fsp3) is 0.125. The molecule has 0 aromatic heterocycles. The maximum absolute atomic E-state index is 10.2. The Bertz CT molecular complexity index is 304. The van der Waals surface area contributed by atoms with Crippen LogP contribution in [-0.2, 0) is 0 Å². The van der Waals surface area contributed by atoms with Gasteiger partial charge < -0.3 is 5.11 Å². The van der Waals surface area contributed by atoms with Crippen molar-refractivity contribution < 1.29 is 9.90 Å². The highest BCUT2D eigenvalue weighted by Gasteiger charge is 1.96. The molecule has 0 amide bonds. The Balaban J connectivity index is 0.000000310. The summed E-state index contributed by atoms with van der Waals surface area (Å²) in [5, 5.41) is 11.3. The second kappa shape index (κ2) is 6.69. The summed E-state index contributed by atoms with van der Waals surface area (Å²) >= 11 is 0. The number of azide groups is 1. The van der Waals surface area contributed by atoms with Gasteiger partial charge in [-0.1, -0.05) is 23.3 Å². The predicted octanol–water partition coefficient (Wildman–Crippen LogP) is 2.31. The molecule has 1 aromatic carbocycles. The average Bonchev–Trinajstić information content (AvgIpc) is 2.19. The molecule has 0 saturated heterocycles. The van der Waals surface area contributed by atoms with E-state index in [4.69, 9.17) is 10.6 Å². The third-order valence-electron chi connectivity index (χ3n) is 1.11. The van der Waals surface area contributed by atoms with E-state index in [0.29, 0.717) is 5.56 Å². The Hall–Kier alpha value is -2.00. The van der Waals surface area contributed by atoms with Crippen LogP contribution in [0.3, 0.4) is 0 Å². The zero-order valence-electron chi connectivity index (χ0n) is 7.08. The number of carboxylic acid groups (broad SMARTS) is 1. The van der Waals surface area contributed by atoms with Gasteiger partial charge in [-0.3, -0.25) is 0 Å². The van der Waals surface area contributed by atoms with Gasteiger partial charge in [-0.05, 0) is 17.7 Å². The van der Waals surface area contributed by atoms with Gasteiger partial charge in [-0.15, -0.1) is 0 Å². The minimum Gasteiger partial charge on any atom is -0.478 e. The lowest BCUT2D eigenvalue weighted by Gasteiger charge is -1.88. The van der Waals surface area contributed by atoms with Crippen molar-refractivity contribution in [3.63, 3.8) is 0 Å². The van der Waals surface area contributed by atoms with Gasteiger partial charge in [0.05, 0.1) is 5.56 Å². The molecule has 0 aliphatic heterocycles. The van der Waals surface area contributed by atoms with E-state index in [1.165, 1.54) is 7.05 Å². The number of nitrogens with zero attached hydrogens (tertiary/aromatic N) is 3. The van der Waals surface area contributed by atoms with Gasteiger partial charge in [0, 0.05) is 12.0 Å². The van der Waals surface area contributed by atoms with E-state index in [0.717, 1.165) is 0 Å². The number of benzene rings is 1. The van der Waals surface area contributed by atoms with Gasteiger partial charge in [0.1, 0.15) is 0 Å². The quantitative estimate of drug-likeness (QED) is 0.407. The van der Waals surface area contributed by atoms with Gasteiger partial charge in [-0.25, -0.2) is 4.79 Å². The normalized spacial score (nSPS) is 7.46. The molecule has 0 atom stereocenters. The first kappa shape index (κ1) is 11.0. The van der Waals surface area contributed by atoms with Crippen molar-refractivity contribution in [1.29, 1.82) is 0 Å². The molecule has 0 spiro atoms. The minimum absolute atomic E-state index is 0.331. The summed E-state index contributed by atoms with van der Waals surface area (Å²) in [6.07, 6.45) is 0. The van der Waals surface area contributed by atoms with Gasteiger partial charge in [0.15, 0.2) is 0 Å². The van der Waals surface area contributed by atoms with E-state index < -0.39 is 5.97 Å². The van der Waals surface area contributed by atoms with Crippen molar-refractivity contribution in [1.82, 2.24) is 0 Å². The van der Waals surface area contributed by atoms with Crippen LogP contribution < -0.4 is 0 Å². The van der Waals surface area contributed by atoms with Crippen LogP contribution in [0.2, 0.25) is 0 Å². The van der Waals surface area contributed by atoms with Crippen LogP contribution in [-0.4, -0.2) is 18.1 Å². The van der Waals surface area contributed by atoms with Crippen molar-refractivity contribution in [3.8, 4) is 0 Å². The Morgan fingerprint density at radius 3 is 2.15 bits per heavy atom. The maximum Gasteiger partial charge on any atom is 0.335 e. The van der Waals surface area contributed by atoms with Crippen LogP contribution in [0.5, 0.6) is 0 Å². The molecule has 0 unspecified atom stereocenters. The SMILES string of the molecule is CN=[N+]=[N-].O=C(O)c1ccccc1. The molecule has 1 N–H and O–H groups in total. The molecule has 0 radical (unpaired) electrons. The molecule has 1 aromatic rings. The molecule has 0 aliphatic carbocycles. The highest BCUT2D eigenvalue weighted by molar-refractivity contribution is 5.87. The number of hydrogen-bond acceptors (Lipinski definition) is 2.